The summed E-state index contributed by atoms with van der Waals surface area (Å²) < 4.78 is 24.4. The molecule has 1 fully saturated rings. The van der Waals surface area contributed by atoms with Crippen molar-refractivity contribution in [3.05, 3.63) is 76.5 Å². The summed E-state index contributed by atoms with van der Waals surface area (Å²) in [7, 11) is 0. The number of benzene rings is 1. The van der Waals surface area contributed by atoms with E-state index >= 15 is 0 Å². The number of hydrogen-bond donors (Lipinski definition) is 0. The van der Waals surface area contributed by atoms with E-state index in [2.05, 4.69) is 15.1 Å². The highest BCUT2D eigenvalue weighted by Gasteiger charge is 2.35. The number of carbonyl (C=O) groups excluding carboxylic acids is 1. The highest BCUT2D eigenvalue weighted by molar-refractivity contribution is 6.06. The molecule has 1 atom stereocenters. The monoisotopic (exact) mass is 420 g/mol. The minimum Gasteiger partial charge on any atom is -0.443 e. The van der Waals surface area contributed by atoms with Gasteiger partial charge >= 0.3 is 0 Å². The maximum atomic E-state index is 13.5. The summed E-state index contributed by atoms with van der Waals surface area (Å²) in [5, 5.41) is 4.61. The molecule has 4 aromatic rings. The van der Waals surface area contributed by atoms with Crippen LogP contribution < -0.4 is 0 Å². The van der Waals surface area contributed by atoms with Gasteiger partial charge in [-0.15, -0.1) is 0 Å². The Hall–Kier alpha value is -3.55. The van der Waals surface area contributed by atoms with Crippen molar-refractivity contribution in [2.45, 2.75) is 39.2 Å². The molecule has 4 heterocycles. The van der Waals surface area contributed by atoms with Crippen molar-refractivity contribution in [3.63, 3.8) is 0 Å². The number of fused-ring (bicyclic) bond motifs is 1. The third kappa shape index (κ3) is 3.58. The van der Waals surface area contributed by atoms with Gasteiger partial charge in [0.25, 0.3) is 11.6 Å². The molecule has 1 amide bonds. The van der Waals surface area contributed by atoms with Crippen LogP contribution in [0.2, 0.25) is 0 Å². The average Bonchev–Trinajstić information content (AvgIpc) is 3.49. The molecule has 1 aromatic carbocycles. The number of halogens is 1. The van der Waals surface area contributed by atoms with Gasteiger partial charge in [0.15, 0.2) is 0 Å². The van der Waals surface area contributed by atoms with E-state index in [4.69, 9.17) is 8.94 Å². The smallest absolute Gasteiger partial charge is 0.258 e. The van der Waals surface area contributed by atoms with Crippen LogP contribution in [0.1, 0.15) is 57.8 Å². The fourth-order valence-electron chi connectivity index (χ4n) is 4.17. The van der Waals surface area contributed by atoms with Crippen molar-refractivity contribution in [1.82, 2.24) is 20.0 Å². The van der Waals surface area contributed by atoms with E-state index in [1.807, 2.05) is 6.92 Å². The topological polar surface area (TPSA) is 85.3 Å². The van der Waals surface area contributed by atoms with Crippen LogP contribution in [0.3, 0.4) is 0 Å². The SMILES string of the molecule is Cc1cc(C(=O)N2CCC[C@H]2c2ncc(Cc3ccc(F)cc3)o2)c2c(C)noc2n1. The molecule has 31 heavy (non-hydrogen) atoms. The van der Waals surface area contributed by atoms with Crippen molar-refractivity contribution in [2.24, 2.45) is 0 Å². The summed E-state index contributed by atoms with van der Waals surface area (Å²) >= 11 is 0. The number of nitrogens with zero attached hydrogens (tertiary/aromatic N) is 4. The van der Waals surface area contributed by atoms with Gasteiger partial charge in [0.2, 0.25) is 5.89 Å². The Morgan fingerprint density at radius 2 is 2.06 bits per heavy atom. The second-order valence-corrected chi connectivity index (χ2v) is 7.88. The second-order valence-electron chi connectivity index (χ2n) is 7.88. The van der Waals surface area contributed by atoms with E-state index in [-0.39, 0.29) is 17.8 Å². The van der Waals surface area contributed by atoms with E-state index in [1.165, 1.54) is 12.1 Å². The lowest BCUT2D eigenvalue weighted by Gasteiger charge is -2.22. The second kappa shape index (κ2) is 7.61. The van der Waals surface area contributed by atoms with Crippen LogP contribution in [-0.2, 0) is 6.42 Å². The third-order valence-electron chi connectivity index (χ3n) is 5.64. The van der Waals surface area contributed by atoms with Crippen LogP contribution in [0.15, 0.2) is 45.5 Å². The van der Waals surface area contributed by atoms with E-state index in [0.29, 0.717) is 52.7 Å². The van der Waals surface area contributed by atoms with Crippen molar-refractivity contribution >= 4 is 17.0 Å². The Balaban J connectivity index is 1.42. The minimum atomic E-state index is -0.273. The number of carbonyl (C=O) groups is 1. The van der Waals surface area contributed by atoms with Gasteiger partial charge in [0.05, 0.1) is 22.8 Å². The number of pyridine rings is 1. The Bertz CT molecular complexity index is 1260. The summed E-state index contributed by atoms with van der Waals surface area (Å²) in [5.41, 5.74) is 3.17. The molecule has 0 N–H and O–H groups in total. The van der Waals surface area contributed by atoms with E-state index in [1.54, 1.807) is 36.2 Å². The molecular formula is C23H21FN4O3. The lowest BCUT2D eigenvalue weighted by atomic mass is 10.1. The summed E-state index contributed by atoms with van der Waals surface area (Å²) in [6.07, 6.45) is 3.83. The molecule has 0 saturated carbocycles. The Morgan fingerprint density at radius 1 is 1.26 bits per heavy atom. The quantitative estimate of drug-likeness (QED) is 0.482. The number of aryl methyl sites for hydroxylation is 2. The maximum absolute atomic E-state index is 13.5. The predicted octanol–water partition coefficient (Wildman–Crippen LogP) is 4.53. The van der Waals surface area contributed by atoms with Crippen molar-refractivity contribution in [1.29, 1.82) is 0 Å². The molecule has 0 aliphatic carbocycles. The largest absolute Gasteiger partial charge is 0.443 e. The van der Waals surface area contributed by atoms with Gasteiger partial charge in [-0.25, -0.2) is 14.4 Å². The summed E-state index contributed by atoms with van der Waals surface area (Å²) in [6, 6.07) is 7.84. The molecule has 5 rings (SSSR count). The summed E-state index contributed by atoms with van der Waals surface area (Å²) in [5.74, 6) is 0.818. The standard InChI is InChI=1S/C23H21FN4O3/c1-13-10-18(20-14(2)27-31-22(20)26-13)23(29)28-9-3-4-19(28)21-25-12-17(30-21)11-15-5-7-16(24)8-6-15/h5-8,10,12,19H,3-4,9,11H2,1-2H3/t19-/m0/s1. The fourth-order valence-corrected chi connectivity index (χ4v) is 4.17. The van der Waals surface area contributed by atoms with Crippen LogP contribution in [0.5, 0.6) is 0 Å². The Morgan fingerprint density at radius 3 is 2.87 bits per heavy atom. The molecule has 0 spiro atoms. The van der Waals surface area contributed by atoms with Crippen LogP contribution in [-0.4, -0.2) is 32.5 Å². The van der Waals surface area contributed by atoms with Gasteiger partial charge in [-0.2, -0.15) is 0 Å². The molecule has 3 aromatic heterocycles. The summed E-state index contributed by atoms with van der Waals surface area (Å²) in [4.78, 5) is 24.1. The van der Waals surface area contributed by atoms with Gasteiger partial charge in [-0.1, -0.05) is 17.3 Å². The Kier molecular flexibility index (Phi) is 4.77. The molecule has 0 bridgehead atoms. The Labute approximate surface area is 177 Å². The van der Waals surface area contributed by atoms with Crippen LogP contribution in [0.4, 0.5) is 4.39 Å². The first-order valence-electron chi connectivity index (χ1n) is 10.2. The molecule has 1 aliphatic rings. The number of likely N-dealkylation sites (tertiary alicyclic amines) is 1. The highest BCUT2D eigenvalue weighted by Crippen LogP contribution is 2.34. The number of rotatable bonds is 4. The van der Waals surface area contributed by atoms with Gasteiger partial charge < -0.3 is 13.8 Å². The molecule has 158 valence electrons. The number of hydrogen-bond acceptors (Lipinski definition) is 6. The zero-order chi connectivity index (χ0) is 21.5. The predicted molar refractivity (Wildman–Crippen MR) is 110 cm³/mol. The molecule has 8 heteroatoms. The number of amides is 1. The lowest BCUT2D eigenvalue weighted by molar-refractivity contribution is 0.0716. The van der Waals surface area contributed by atoms with Gasteiger partial charge in [0, 0.05) is 18.7 Å². The molecule has 1 saturated heterocycles. The first kappa shape index (κ1) is 19.4. The van der Waals surface area contributed by atoms with Gasteiger partial charge in [-0.3, -0.25) is 4.79 Å². The normalized spacial score (nSPS) is 16.4. The third-order valence-corrected chi connectivity index (χ3v) is 5.64. The molecule has 1 aliphatic heterocycles. The summed E-state index contributed by atoms with van der Waals surface area (Å²) in [6.45, 7) is 4.24. The first-order valence-corrected chi connectivity index (χ1v) is 10.2. The number of oxazole rings is 1. The zero-order valence-corrected chi connectivity index (χ0v) is 17.3. The minimum absolute atomic E-state index is 0.109. The van der Waals surface area contributed by atoms with Gasteiger partial charge in [-0.05, 0) is 50.5 Å². The van der Waals surface area contributed by atoms with Crippen LogP contribution in [0.25, 0.3) is 11.1 Å². The van der Waals surface area contributed by atoms with Crippen LogP contribution >= 0.6 is 0 Å². The van der Waals surface area contributed by atoms with E-state index in [9.17, 15) is 9.18 Å². The van der Waals surface area contributed by atoms with Crippen LogP contribution in [0, 0.1) is 19.7 Å². The molecule has 0 unspecified atom stereocenters. The molecule has 0 radical (unpaired) electrons. The molecule has 7 nitrogen and oxygen atoms in total. The zero-order valence-electron chi connectivity index (χ0n) is 17.3. The maximum Gasteiger partial charge on any atom is 0.258 e. The molecular weight excluding hydrogens is 399 g/mol. The fraction of sp³-hybridized carbons (Fsp3) is 0.304. The van der Waals surface area contributed by atoms with Gasteiger partial charge in [0.1, 0.15) is 17.6 Å². The van der Waals surface area contributed by atoms with E-state index < -0.39 is 0 Å². The van der Waals surface area contributed by atoms with E-state index in [0.717, 1.165) is 18.4 Å². The highest BCUT2D eigenvalue weighted by atomic mass is 19.1. The van der Waals surface area contributed by atoms with Crippen molar-refractivity contribution in [2.75, 3.05) is 6.54 Å². The van der Waals surface area contributed by atoms with Crippen molar-refractivity contribution in [3.8, 4) is 0 Å². The lowest BCUT2D eigenvalue weighted by Crippen LogP contribution is -2.31. The number of aromatic nitrogens is 3. The first-order chi connectivity index (χ1) is 15.0. The van der Waals surface area contributed by atoms with Crippen molar-refractivity contribution < 1.29 is 18.1 Å². The average molecular weight is 420 g/mol.